The van der Waals surface area contributed by atoms with Crippen LogP contribution in [-0.4, -0.2) is 83.0 Å². The standard InChI is InChI=1S/C37H62N6O8/c1-21(2)16-26(28(44)17-24(7)33(47)42-31(22(3)4)34(48)40-19-25-14-12-11-13-15-25)39-20-29(45)27(18-30(38)46)41-35(49)32(23(5)6)43-36(50)51-37(8,9)10/h11-15,21-24,26-28,31-32,39,44H,16-20H2,1-10H3,(H2,38,46)(H,40,48)(H,41,49)(H,42,47)(H,43,50)/t24-,26+,27+,28+,31-,32+/m1/s1. The first-order chi connectivity index (χ1) is 23.6. The molecule has 0 aliphatic carbocycles. The van der Waals surface area contributed by atoms with Gasteiger partial charge in [-0.2, -0.15) is 0 Å². The fraction of sp³-hybridized carbons (Fsp3) is 0.676. The quantitative estimate of drug-likeness (QED) is 0.0991. The number of aliphatic hydroxyl groups is 1. The van der Waals surface area contributed by atoms with Crippen molar-refractivity contribution in [3.05, 3.63) is 35.9 Å². The summed E-state index contributed by atoms with van der Waals surface area (Å²) in [5.41, 5.74) is 5.53. The summed E-state index contributed by atoms with van der Waals surface area (Å²) in [6.45, 7) is 17.7. The number of nitrogens with two attached hydrogens (primary N) is 1. The van der Waals surface area contributed by atoms with Crippen LogP contribution in [0.15, 0.2) is 30.3 Å². The minimum absolute atomic E-state index is 0.0364. The van der Waals surface area contributed by atoms with E-state index in [1.54, 1.807) is 41.5 Å². The van der Waals surface area contributed by atoms with Gasteiger partial charge in [-0.05, 0) is 56.9 Å². The third-order valence-electron chi connectivity index (χ3n) is 8.06. The molecule has 0 aromatic heterocycles. The second-order valence-electron chi connectivity index (χ2n) is 15.3. The Bertz CT molecular complexity index is 1300. The number of amides is 5. The second kappa shape index (κ2) is 21.4. The van der Waals surface area contributed by atoms with Gasteiger partial charge < -0.3 is 42.2 Å². The zero-order valence-corrected chi connectivity index (χ0v) is 32.0. The molecule has 0 saturated carbocycles. The van der Waals surface area contributed by atoms with Crippen molar-refractivity contribution in [3.63, 3.8) is 0 Å². The molecule has 0 fully saturated rings. The largest absolute Gasteiger partial charge is 0.444 e. The zero-order chi connectivity index (χ0) is 39.1. The molecule has 6 atom stereocenters. The third kappa shape index (κ3) is 17.6. The van der Waals surface area contributed by atoms with Crippen molar-refractivity contribution < 1.29 is 38.6 Å². The number of ether oxygens (including phenoxy) is 1. The number of primary amides is 1. The van der Waals surface area contributed by atoms with E-state index in [0.717, 1.165) is 5.56 Å². The maximum atomic E-state index is 13.4. The number of aliphatic hydroxyl groups excluding tert-OH is 1. The van der Waals surface area contributed by atoms with Gasteiger partial charge in [0.15, 0.2) is 5.78 Å². The predicted molar refractivity (Wildman–Crippen MR) is 195 cm³/mol. The molecule has 0 bridgehead atoms. The smallest absolute Gasteiger partial charge is 0.408 e. The Morgan fingerprint density at radius 2 is 1.35 bits per heavy atom. The lowest BCUT2D eigenvalue weighted by Crippen LogP contribution is -2.56. The highest BCUT2D eigenvalue weighted by Gasteiger charge is 2.33. The van der Waals surface area contributed by atoms with E-state index in [0.29, 0.717) is 13.0 Å². The number of alkyl carbamates (subject to hydrolysis) is 1. The SMILES string of the molecule is CC(C)C[C@H](NCC(=O)[C@H](CC(N)=O)NC(=O)[C@@H](NC(=O)OC(C)(C)C)C(C)C)[C@@H](O)C[C@@H](C)C(=O)N[C@@H](C(=O)NCc1ccccc1)C(C)C. The van der Waals surface area contributed by atoms with Crippen LogP contribution in [0.3, 0.4) is 0 Å². The average Bonchev–Trinajstić information content (AvgIpc) is 3.01. The highest BCUT2D eigenvalue weighted by Crippen LogP contribution is 2.17. The third-order valence-corrected chi connectivity index (χ3v) is 8.06. The van der Waals surface area contributed by atoms with Gasteiger partial charge in [0.05, 0.1) is 25.1 Å². The van der Waals surface area contributed by atoms with Crippen molar-refractivity contribution in [1.82, 2.24) is 26.6 Å². The highest BCUT2D eigenvalue weighted by molar-refractivity contribution is 5.95. The van der Waals surface area contributed by atoms with Crippen LogP contribution in [0.1, 0.15) is 94.1 Å². The fourth-order valence-corrected chi connectivity index (χ4v) is 5.28. The maximum Gasteiger partial charge on any atom is 0.408 e. The van der Waals surface area contributed by atoms with Crippen molar-refractivity contribution in [2.24, 2.45) is 29.4 Å². The van der Waals surface area contributed by atoms with Crippen LogP contribution in [-0.2, 0) is 35.3 Å². The summed E-state index contributed by atoms with van der Waals surface area (Å²) in [6.07, 6.45) is -1.86. The molecule has 1 aromatic rings. The van der Waals surface area contributed by atoms with E-state index < -0.39 is 77.8 Å². The van der Waals surface area contributed by atoms with Crippen LogP contribution in [0.5, 0.6) is 0 Å². The van der Waals surface area contributed by atoms with Crippen molar-refractivity contribution in [2.45, 2.75) is 131 Å². The Balaban J connectivity index is 2.94. The molecule has 1 rings (SSSR count). The van der Waals surface area contributed by atoms with Gasteiger partial charge in [0.2, 0.25) is 23.6 Å². The molecule has 0 saturated heterocycles. The lowest BCUT2D eigenvalue weighted by atomic mass is 9.91. The Morgan fingerprint density at radius 3 is 1.86 bits per heavy atom. The van der Waals surface area contributed by atoms with Crippen LogP contribution in [0.2, 0.25) is 0 Å². The molecule has 0 heterocycles. The molecule has 14 nitrogen and oxygen atoms in total. The van der Waals surface area contributed by atoms with Crippen molar-refractivity contribution >= 4 is 35.5 Å². The van der Waals surface area contributed by atoms with E-state index >= 15 is 0 Å². The van der Waals surface area contributed by atoms with Gasteiger partial charge in [-0.15, -0.1) is 0 Å². The summed E-state index contributed by atoms with van der Waals surface area (Å²) >= 11 is 0. The number of carbonyl (C=O) groups is 6. The summed E-state index contributed by atoms with van der Waals surface area (Å²) in [7, 11) is 0. The number of Topliss-reactive ketones (excluding diaryl/α,β-unsaturated/α-hetero) is 1. The summed E-state index contributed by atoms with van der Waals surface area (Å²) in [5.74, 6) is -3.94. The van der Waals surface area contributed by atoms with E-state index in [1.165, 1.54) is 0 Å². The summed E-state index contributed by atoms with van der Waals surface area (Å²) < 4.78 is 5.26. The molecule has 0 unspecified atom stereocenters. The van der Waals surface area contributed by atoms with E-state index in [1.807, 2.05) is 58.0 Å². The molecule has 1 aromatic carbocycles. The lowest BCUT2D eigenvalue weighted by molar-refractivity contribution is -0.132. The maximum absolute atomic E-state index is 13.4. The number of carbonyl (C=O) groups excluding carboxylic acids is 6. The lowest BCUT2D eigenvalue weighted by Gasteiger charge is -2.29. The van der Waals surface area contributed by atoms with Gasteiger partial charge in [-0.25, -0.2) is 4.79 Å². The summed E-state index contributed by atoms with van der Waals surface area (Å²) in [5, 5.41) is 25.1. The normalized spacial score (nSPS) is 15.3. The number of hydrogen-bond donors (Lipinski definition) is 7. The number of benzene rings is 1. The molecule has 8 N–H and O–H groups in total. The van der Waals surface area contributed by atoms with Crippen LogP contribution < -0.4 is 32.3 Å². The topological polar surface area (TPSA) is 218 Å². The second-order valence-corrected chi connectivity index (χ2v) is 15.3. The van der Waals surface area contributed by atoms with Crippen molar-refractivity contribution in [3.8, 4) is 0 Å². The van der Waals surface area contributed by atoms with E-state index in [9.17, 15) is 33.9 Å². The van der Waals surface area contributed by atoms with Crippen LogP contribution in [0.4, 0.5) is 4.79 Å². The van der Waals surface area contributed by atoms with Gasteiger partial charge in [0.25, 0.3) is 0 Å². The Labute approximate surface area is 303 Å². The Hall–Kier alpha value is -4.04. The molecule has 0 spiro atoms. The molecule has 5 amide bonds. The molecule has 288 valence electrons. The first-order valence-corrected chi connectivity index (χ1v) is 17.8. The number of hydrogen-bond acceptors (Lipinski definition) is 9. The summed E-state index contributed by atoms with van der Waals surface area (Å²) in [6, 6.07) is 5.65. The minimum atomic E-state index is -1.30. The highest BCUT2D eigenvalue weighted by atomic mass is 16.6. The summed E-state index contributed by atoms with van der Waals surface area (Å²) in [4.78, 5) is 77.0. The first-order valence-electron chi connectivity index (χ1n) is 17.8. The molecule has 14 heteroatoms. The van der Waals surface area contributed by atoms with Gasteiger partial charge >= 0.3 is 6.09 Å². The average molecular weight is 719 g/mol. The number of ketones is 1. The molecule has 0 aliphatic rings. The molecular formula is C37H62N6O8. The monoisotopic (exact) mass is 718 g/mol. The Kier molecular flexibility index (Phi) is 18.8. The van der Waals surface area contributed by atoms with Gasteiger partial charge in [-0.1, -0.05) is 78.8 Å². The zero-order valence-electron chi connectivity index (χ0n) is 32.0. The van der Waals surface area contributed by atoms with Crippen molar-refractivity contribution in [1.29, 1.82) is 0 Å². The van der Waals surface area contributed by atoms with Crippen LogP contribution in [0.25, 0.3) is 0 Å². The molecular weight excluding hydrogens is 656 g/mol. The van der Waals surface area contributed by atoms with Crippen LogP contribution in [0, 0.1) is 23.7 Å². The van der Waals surface area contributed by atoms with Gasteiger partial charge in [-0.3, -0.25) is 24.0 Å². The van der Waals surface area contributed by atoms with Crippen LogP contribution >= 0.6 is 0 Å². The van der Waals surface area contributed by atoms with Gasteiger partial charge in [0, 0.05) is 18.5 Å². The molecule has 0 aliphatic heterocycles. The first kappa shape index (κ1) is 45.0. The minimum Gasteiger partial charge on any atom is -0.444 e. The fourth-order valence-electron chi connectivity index (χ4n) is 5.28. The van der Waals surface area contributed by atoms with E-state index in [2.05, 4.69) is 26.6 Å². The predicted octanol–water partition coefficient (Wildman–Crippen LogP) is 2.31. The Morgan fingerprint density at radius 1 is 0.784 bits per heavy atom. The van der Waals surface area contributed by atoms with E-state index in [4.69, 9.17) is 10.5 Å². The number of nitrogens with one attached hydrogen (secondary N) is 5. The van der Waals surface area contributed by atoms with Gasteiger partial charge in [0.1, 0.15) is 17.7 Å². The van der Waals surface area contributed by atoms with E-state index in [-0.39, 0.29) is 36.6 Å². The number of rotatable bonds is 21. The molecule has 51 heavy (non-hydrogen) atoms. The van der Waals surface area contributed by atoms with Crippen molar-refractivity contribution in [2.75, 3.05) is 6.54 Å². The molecule has 0 radical (unpaired) electrons.